The second kappa shape index (κ2) is 15.7. The lowest BCUT2D eigenvalue weighted by atomic mass is 9.90. The maximum Gasteiger partial charge on any atom is 0.0557 e. The van der Waals surface area contributed by atoms with Crippen LogP contribution in [-0.4, -0.2) is 11.8 Å². The van der Waals surface area contributed by atoms with Crippen molar-refractivity contribution >= 4 is 33.8 Å². The summed E-state index contributed by atoms with van der Waals surface area (Å²) in [5.74, 6) is 1.16. The minimum Gasteiger partial charge on any atom is -0.337 e. The number of nitrogens with zero attached hydrogens (tertiary/aromatic N) is 1. The Morgan fingerprint density at radius 3 is 1.93 bits per heavy atom. The molecule has 2 atom stereocenters. The van der Waals surface area contributed by atoms with Crippen molar-refractivity contribution in [1.29, 1.82) is 0 Å². The van der Waals surface area contributed by atoms with E-state index in [2.05, 4.69) is 218 Å². The molecule has 7 aromatic carbocycles. The number of rotatable bonds is 7. The monoisotopic (exact) mass is 725 g/mol. The molecule has 1 heterocycles. The van der Waals surface area contributed by atoms with Crippen LogP contribution in [0.4, 0.5) is 5.69 Å². The fraction of sp³-hybridized carbons (Fsp3) is 0.0943. The van der Waals surface area contributed by atoms with Crippen LogP contribution in [0, 0.1) is 0 Å². The highest BCUT2D eigenvalue weighted by Gasteiger charge is 2.27. The van der Waals surface area contributed by atoms with Gasteiger partial charge in [0.2, 0.25) is 0 Å². The molecule has 2 heteroatoms. The molecule has 9 rings (SSSR count). The zero-order valence-electron chi connectivity index (χ0n) is 31.1. The lowest BCUT2D eigenvalue weighted by Gasteiger charge is -2.38. The summed E-state index contributed by atoms with van der Waals surface area (Å²) in [5, 5.41) is 2.54. The van der Waals surface area contributed by atoms with Crippen LogP contribution in [0.25, 0.3) is 49.7 Å². The highest BCUT2D eigenvalue weighted by molar-refractivity contribution is 7.99. The molecular weight excluding hydrogens is 683 g/mol. The van der Waals surface area contributed by atoms with Crippen LogP contribution < -0.4 is 4.90 Å². The Morgan fingerprint density at radius 1 is 0.545 bits per heavy atom. The highest BCUT2D eigenvalue weighted by atomic mass is 32.2. The summed E-state index contributed by atoms with van der Waals surface area (Å²) in [6.45, 7) is 2.37. The van der Waals surface area contributed by atoms with E-state index in [0.717, 1.165) is 12.2 Å². The molecule has 2 aliphatic rings. The molecule has 2 unspecified atom stereocenters. The number of benzene rings is 7. The first kappa shape index (κ1) is 34.7. The van der Waals surface area contributed by atoms with E-state index < -0.39 is 0 Å². The highest BCUT2D eigenvalue weighted by Crippen LogP contribution is 2.40. The Bertz CT molecular complexity index is 2570. The third-order valence-corrected chi connectivity index (χ3v) is 12.0. The third-order valence-electron chi connectivity index (χ3n) is 11.0. The van der Waals surface area contributed by atoms with Gasteiger partial charge in [0.15, 0.2) is 0 Å². The first-order valence-corrected chi connectivity index (χ1v) is 20.3. The number of hydrogen-bond donors (Lipinski definition) is 0. The zero-order valence-corrected chi connectivity index (χ0v) is 31.9. The molecule has 0 aromatic heterocycles. The normalized spacial score (nSPS) is 18.2. The molecule has 1 aliphatic carbocycles. The van der Waals surface area contributed by atoms with E-state index in [9.17, 15) is 0 Å². The summed E-state index contributed by atoms with van der Waals surface area (Å²) < 4.78 is 0. The van der Waals surface area contributed by atoms with Crippen molar-refractivity contribution in [3.05, 3.63) is 223 Å². The van der Waals surface area contributed by atoms with Crippen LogP contribution in [0.15, 0.2) is 217 Å². The quantitative estimate of drug-likeness (QED) is 0.161. The van der Waals surface area contributed by atoms with Crippen LogP contribution in [0.2, 0.25) is 0 Å². The van der Waals surface area contributed by atoms with Gasteiger partial charge in [-0.05, 0) is 104 Å². The molecule has 55 heavy (non-hydrogen) atoms. The molecule has 1 nitrogen and oxygen atoms in total. The lowest BCUT2D eigenvalue weighted by molar-refractivity contribution is 0.699. The summed E-state index contributed by atoms with van der Waals surface area (Å²) in [6, 6.07) is 62.1. The van der Waals surface area contributed by atoms with Crippen molar-refractivity contribution in [2.45, 2.75) is 30.2 Å². The van der Waals surface area contributed by atoms with Crippen LogP contribution in [-0.2, 0) is 0 Å². The largest absolute Gasteiger partial charge is 0.337 e. The molecular formula is C53H43NS. The average molecular weight is 726 g/mol. The number of allylic oxidation sites excluding steroid dienone is 5. The fourth-order valence-corrected chi connectivity index (χ4v) is 8.99. The van der Waals surface area contributed by atoms with Crippen LogP contribution >= 0.6 is 11.8 Å². The molecule has 0 fully saturated rings. The number of thioether (sulfide) groups is 1. The Morgan fingerprint density at radius 2 is 1.16 bits per heavy atom. The van der Waals surface area contributed by atoms with Crippen molar-refractivity contribution in [3.8, 4) is 33.4 Å². The van der Waals surface area contributed by atoms with Gasteiger partial charge in [0.05, 0.1) is 6.04 Å². The summed E-state index contributed by atoms with van der Waals surface area (Å²) in [5.41, 5.74) is 13.8. The molecule has 0 radical (unpaired) electrons. The third kappa shape index (κ3) is 7.39. The van der Waals surface area contributed by atoms with Crippen molar-refractivity contribution in [2.24, 2.45) is 0 Å². The van der Waals surface area contributed by atoms with Crippen molar-refractivity contribution in [1.82, 2.24) is 0 Å². The molecule has 0 spiro atoms. The van der Waals surface area contributed by atoms with Gasteiger partial charge in [-0.15, -0.1) is 11.8 Å². The maximum atomic E-state index is 2.58. The molecule has 0 bridgehead atoms. The lowest BCUT2D eigenvalue weighted by Crippen LogP contribution is -2.35. The predicted molar refractivity (Wildman–Crippen MR) is 238 cm³/mol. The second-order valence-electron chi connectivity index (χ2n) is 14.4. The summed E-state index contributed by atoms with van der Waals surface area (Å²) >= 11 is 1.92. The Balaban J connectivity index is 1.04. The predicted octanol–water partition coefficient (Wildman–Crippen LogP) is 14.4. The van der Waals surface area contributed by atoms with Crippen LogP contribution in [0.1, 0.15) is 30.4 Å². The number of hydrogen-bond acceptors (Lipinski definition) is 2. The zero-order chi connectivity index (χ0) is 37.0. The molecule has 7 aromatic rings. The van der Waals surface area contributed by atoms with E-state index >= 15 is 0 Å². The first-order chi connectivity index (χ1) is 27.2. The summed E-state index contributed by atoms with van der Waals surface area (Å²) in [7, 11) is 0. The standard InChI is InChI=1S/C53H43NS/c1-38-51-18-7-8-20-53(51)55-35-10-9-19-52(38)54(49-31-27-43(28-32-49)42-23-21-41(22-24-42)39-12-3-2-4-13-39)50-33-29-44(30-34-50)46-16-11-17-47(36-46)48-26-25-40-14-5-6-15-45(40)37-48/h2-33,36-38,50H,34-35H2,1H3/b10-9-,52-19+. The van der Waals surface area contributed by atoms with E-state index in [1.807, 2.05) is 11.8 Å². The van der Waals surface area contributed by atoms with Gasteiger partial charge in [0, 0.05) is 28.0 Å². The van der Waals surface area contributed by atoms with Crippen molar-refractivity contribution < 1.29 is 0 Å². The first-order valence-electron chi connectivity index (χ1n) is 19.3. The molecule has 1 aliphatic heterocycles. The van der Waals surface area contributed by atoms with E-state index in [1.54, 1.807) is 0 Å². The van der Waals surface area contributed by atoms with Gasteiger partial charge in [-0.2, -0.15) is 0 Å². The molecule has 0 saturated heterocycles. The van der Waals surface area contributed by atoms with Gasteiger partial charge < -0.3 is 4.90 Å². The Hall–Kier alpha value is -6.09. The van der Waals surface area contributed by atoms with E-state index in [-0.39, 0.29) is 12.0 Å². The van der Waals surface area contributed by atoms with Crippen LogP contribution in [0.5, 0.6) is 0 Å². The fourth-order valence-electron chi connectivity index (χ4n) is 8.02. The maximum absolute atomic E-state index is 2.58. The minimum absolute atomic E-state index is 0.158. The van der Waals surface area contributed by atoms with Crippen molar-refractivity contribution in [3.63, 3.8) is 0 Å². The number of anilines is 1. The molecule has 266 valence electrons. The minimum atomic E-state index is 0.158. The van der Waals surface area contributed by atoms with Gasteiger partial charge in [-0.1, -0.05) is 177 Å². The van der Waals surface area contributed by atoms with E-state index in [4.69, 9.17) is 0 Å². The smallest absolute Gasteiger partial charge is 0.0557 e. The van der Waals surface area contributed by atoms with Gasteiger partial charge in [0.25, 0.3) is 0 Å². The average Bonchev–Trinajstić information content (AvgIpc) is 3.33. The van der Waals surface area contributed by atoms with Gasteiger partial charge in [-0.25, -0.2) is 0 Å². The molecule has 0 N–H and O–H groups in total. The summed E-state index contributed by atoms with van der Waals surface area (Å²) in [6.07, 6.45) is 15.0. The Labute approximate surface area is 329 Å². The molecule has 0 saturated carbocycles. The van der Waals surface area contributed by atoms with Crippen molar-refractivity contribution in [2.75, 3.05) is 10.7 Å². The topological polar surface area (TPSA) is 3.24 Å². The second-order valence-corrected chi connectivity index (χ2v) is 15.5. The molecule has 0 amide bonds. The Kier molecular flexibility index (Phi) is 9.90. The van der Waals surface area contributed by atoms with Crippen LogP contribution in [0.3, 0.4) is 0 Å². The van der Waals surface area contributed by atoms with Gasteiger partial charge in [-0.3, -0.25) is 0 Å². The summed E-state index contributed by atoms with van der Waals surface area (Å²) in [4.78, 5) is 3.94. The van der Waals surface area contributed by atoms with E-state index in [1.165, 1.54) is 77.1 Å². The van der Waals surface area contributed by atoms with Gasteiger partial charge >= 0.3 is 0 Å². The van der Waals surface area contributed by atoms with Gasteiger partial charge in [0.1, 0.15) is 0 Å². The van der Waals surface area contributed by atoms with E-state index in [0.29, 0.717) is 0 Å². The number of fused-ring (bicyclic) bond motifs is 2. The SMILES string of the molecule is CC1/C(N(c2ccc(-c3ccc(-c4ccccc4)cc3)cc2)C2C=CC(c3cccc(-c4ccc5ccccc5c4)c3)=CC2)=C\C=C/CSc2ccccc21.